The molecule has 6 nitrogen and oxygen atoms in total. The molecule has 3 aromatic rings. The lowest BCUT2D eigenvalue weighted by Crippen LogP contribution is -2.43. The van der Waals surface area contributed by atoms with Gasteiger partial charge in [0.25, 0.3) is 0 Å². The van der Waals surface area contributed by atoms with Crippen molar-refractivity contribution in [1.82, 2.24) is 9.88 Å². The van der Waals surface area contributed by atoms with Gasteiger partial charge in [0.2, 0.25) is 0 Å². The highest BCUT2D eigenvalue weighted by Crippen LogP contribution is 2.33. The molecule has 31 heavy (non-hydrogen) atoms. The Morgan fingerprint density at radius 1 is 1.13 bits per heavy atom. The van der Waals surface area contributed by atoms with Crippen LogP contribution in [-0.4, -0.2) is 33.7 Å². The summed E-state index contributed by atoms with van der Waals surface area (Å²) in [5.74, 6) is 1.06. The highest BCUT2D eigenvalue weighted by Gasteiger charge is 2.33. The number of rotatable bonds is 6. The SMILES string of the molecule is O=C(O)N1CCC(Oc2ccc(OCc3cccc(F)c3)cc2)CC1c1cccnc1. The van der Waals surface area contributed by atoms with Gasteiger partial charge in [0, 0.05) is 31.8 Å². The van der Waals surface area contributed by atoms with Crippen LogP contribution in [-0.2, 0) is 6.61 Å². The van der Waals surface area contributed by atoms with E-state index in [1.165, 1.54) is 17.0 Å². The lowest BCUT2D eigenvalue weighted by atomic mass is 9.94. The first-order valence-electron chi connectivity index (χ1n) is 10.1. The summed E-state index contributed by atoms with van der Waals surface area (Å²) in [5.41, 5.74) is 1.62. The van der Waals surface area contributed by atoms with Crippen molar-refractivity contribution in [2.24, 2.45) is 0 Å². The van der Waals surface area contributed by atoms with Crippen LogP contribution in [0.4, 0.5) is 9.18 Å². The predicted molar refractivity (Wildman–Crippen MR) is 113 cm³/mol. The zero-order valence-electron chi connectivity index (χ0n) is 16.9. The van der Waals surface area contributed by atoms with E-state index in [0.29, 0.717) is 30.9 Å². The number of benzene rings is 2. The number of likely N-dealkylation sites (tertiary alicyclic amines) is 1. The standard InChI is InChI=1S/C24H23FN2O4/c25-19-5-1-3-17(13-19)16-30-20-6-8-21(9-7-20)31-22-10-12-27(24(28)29)23(14-22)18-4-2-11-26-15-18/h1-9,11,13,15,22-23H,10,12,14,16H2,(H,28,29). The van der Waals surface area contributed by atoms with Crippen molar-refractivity contribution in [1.29, 1.82) is 0 Å². The number of amides is 1. The normalized spacial score (nSPS) is 18.4. The number of hydrogen-bond acceptors (Lipinski definition) is 4. The molecular weight excluding hydrogens is 399 g/mol. The third-order valence-electron chi connectivity index (χ3n) is 5.29. The zero-order chi connectivity index (χ0) is 21.6. The van der Waals surface area contributed by atoms with Gasteiger partial charge in [0.15, 0.2) is 0 Å². The molecule has 0 bridgehead atoms. The van der Waals surface area contributed by atoms with Gasteiger partial charge in [0.1, 0.15) is 30.0 Å². The molecule has 0 radical (unpaired) electrons. The highest BCUT2D eigenvalue weighted by molar-refractivity contribution is 5.66. The molecule has 0 spiro atoms. The maximum absolute atomic E-state index is 13.3. The number of carboxylic acid groups (broad SMARTS) is 1. The minimum Gasteiger partial charge on any atom is -0.490 e. The Balaban J connectivity index is 1.37. The first-order chi connectivity index (χ1) is 15.1. The van der Waals surface area contributed by atoms with E-state index in [1.807, 2.05) is 30.3 Å². The molecule has 0 saturated carbocycles. The summed E-state index contributed by atoms with van der Waals surface area (Å²) >= 11 is 0. The second kappa shape index (κ2) is 9.47. The molecule has 2 unspecified atom stereocenters. The Kier molecular flexibility index (Phi) is 6.31. The average Bonchev–Trinajstić information content (AvgIpc) is 2.79. The average molecular weight is 422 g/mol. The van der Waals surface area contributed by atoms with Gasteiger partial charge in [-0.2, -0.15) is 0 Å². The fraction of sp³-hybridized carbons (Fsp3) is 0.250. The first-order valence-corrected chi connectivity index (χ1v) is 10.1. The van der Waals surface area contributed by atoms with Crippen LogP contribution >= 0.6 is 0 Å². The Hall–Kier alpha value is -3.61. The molecule has 1 aliphatic heterocycles. The van der Waals surface area contributed by atoms with Gasteiger partial charge in [-0.15, -0.1) is 0 Å². The van der Waals surface area contributed by atoms with Gasteiger partial charge in [-0.25, -0.2) is 9.18 Å². The summed E-state index contributed by atoms with van der Waals surface area (Å²) in [6.45, 7) is 0.673. The third-order valence-corrected chi connectivity index (χ3v) is 5.29. The second-order valence-electron chi connectivity index (χ2n) is 7.43. The van der Waals surface area contributed by atoms with E-state index in [0.717, 1.165) is 11.1 Å². The minimum absolute atomic E-state index is 0.111. The van der Waals surface area contributed by atoms with Crippen molar-refractivity contribution in [3.05, 3.63) is 90.0 Å². The van der Waals surface area contributed by atoms with Crippen LogP contribution in [0.5, 0.6) is 11.5 Å². The molecular formula is C24H23FN2O4. The van der Waals surface area contributed by atoms with E-state index in [-0.39, 0.29) is 24.6 Å². The summed E-state index contributed by atoms with van der Waals surface area (Å²) in [5, 5.41) is 9.55. The molecule has 1 aliphatic rings. The van der Waals surface area contributed by atoms with Crippen molar-refractivity contribution >= 4 is 6.09 Å². The van der Waals surface area contributed by atoms with Crippen molar-refractivity contribution < 1.29 is 23.8 Å². The summed E-state index contributed by atoms with van der Waals surface area (Å²) in [7, 11) is 0. The number of halogens is 1. The summed E-state index contributed by atoms with van der Waals surface area (Å²) < 4.78 is 25.1. The Morgan fingerprint density at radius 3 is 2.65 bits per heavy atom. The second-order valence-corrected chi connectivity index (χ2v) is 7.43. The van der Waals surface area contributed by atoms with Crippen LogP contribution < -0.4 is 9.47 Å². The molecule has 1 aromatic heterocycles. The van der Waals surface area contributed by atoms with Crippen LogP contribution in [0.3, 0.4) is 0 Å². The largest absolute Gasteiger partial charge is 0.490 e. The fourth-order valence-corrected chi connectivity index (χ4v) is 3.76. The van der Waals surface area contributed by atoms with Crippen molar-refractivity contribution in [3.63, 3.8) is 0 Å². The van der Waals surface area contributed by atoms with Crippen LogP contribution in [0, 0.1) is 5.82 Å². The van der Waals surface area contributed by atoms with Crippen LogP contribution in [0.15, 0.2) is 73.1 Å². The Labute approximate surface area is 179 Å². The molecule has 1 amide bonds. The molecule has 2 aromatic carbocycles. The quantitative estimate of drug-likeness (QED) is 0.601. The van der Waals surface area contributed by atoms with Gasteiger partial charge in [-0.3, -0.25) is 4.98 Å². The first kappa shape index (κ1) is 20.7. The topological polar surface area (TPSA) is 71.9 Å². The summed E-state index contributed by atoms with van der Waals surface area (Å²) in [6.07, 6.45) is 3.49. The van der Waals surface area contributed by atoms with Gasteiger partial charge in [0.05, 0.1) is 6.04 Å². The minimum atomic E-state index is -0.938. The van der Waals surface area contributed by atoms with E-state index >= 15 is 0 Å². The van der Waals surface area contributed by atoms with E-state index in [2.05, 4.69) is 4.98 Å². The van der Waals surface area contributed by atoms with Gasteiger partial charge in [-0.05, 0) is 53.6 Å². The number of aromatic nitrogens is 1. The van der Waals surface area contributed by atoms with E-state index in [4.69, 9.17) is 9.47 Å². The monoisotopic (exact) mass is 422 g/mol. The third kappa shape index (κ3) is 5.31. The molecule has 1 saturated heterocycles. The van der Waals surface area contributed by atoms with E-state index < -0.39 is 6.09 Å². The highest BCUT2D eigenvalue weighted by atomic mass is 19.1. The summed E-state index contributed by atoms with van der Waals surface area (Å²) in [6, 6.07) is 17.0. The number of nitrogens with zero attached hydrogens (tertiary/aromatic N) is 2. The molecule has 2 atom stereocenters. The zero-order valence-corrected chi connectivity index (χ0v) is 16.9. The van der Waals surface area contributed by atoms with Crippen LogP contribution in [0.1, 0.15) is 30.0 Å². The maximum Gasteiger partial charge on any atom is 0.407 e. The molecule has 1 fully saturated rings. The van der Waals surface area contributed by atoms with Crippen molar-refractivity contribution in [2.75, 3.05) is 6.54 Å². The number of carbonyl (C=O) groups is 1. The lowest BCUT2D eigenvalue weighted by molar-refractivity contribution is 0.0538. The molecule has 4 rings (SSSR count). The smallest absolute Gasteiger partial charge is 0.407 e. The number of pyridine rings is 1. The number of piperidine rings is 1. The van der Waals surface area contributed by atoms with Gasteiger partial charge >= 0.3 is 6.09 Å². The predicted octanol–water partition coefficient (Wildman–Crippen LogP) is 5.06. The van der Waals surface area contributed by atoms with E-state index in [9.17, 15) is 14.3 Å². The maximum atomic E-state index is 13.3. The van der Waals surface area contributed by atoms with Crippen molar-refractivity contribution in [3.8, 4) is 11.5 Å². The molecule has 0 aliphatic carbocycles. The number of ether oxygens (including phenoxy) is 2. The van der Waals surface area contributed by atoms with Gasteiger partial charge < -0.3 is 19.5 Å². The van der Waals surface area contributed by atoms with E-state index in [1.54, 1.807) is 30.6 Å². The van der Waals surface area contributed by atoms with Crippen LogP contribution in [0.2, 0.25) is 0 Å². The van der Waals surface area contributed by atoms with Gasteiger partial charge in [-0.1, -0.05) is 18.2 Å². The fourth-order valence-electron chi connectivity index (χ4n) is 3.76. The Morgan fingerprint density at radius 2 is 1.94 bits per heavy atom. The lowest BCUT2D eigenvalue weighted by Gasteiger charge is -2.37. The molecule has 7 heteroatoms. The van der Waals surface area contributed by atoms with Crippen molar-refractivity contribution in [2.45, 2.75) is 31.6 Å². The molecule has 160 valence electrons. The Bertz CT molecular complexity index is 1010. The summed E-state index contributed by atoms with van der Waals surface area (Å²) in [4.78, 5) is 17.2. The number of hydrogen-bond donors (Lipinski definition) is 1. The molecule has 1 N–H and O–H groups in total. The molecule has 2 heterocycles. The van der Waals surface area contributed by atoms with Crippen LogP contribution in [0.25, 0.3) is 0 Å².